The largest absolute Gasteiger partial charge is 0.346 e. The van der Waals surface area contributed by atoms with E-state index in [4.69, 9.17) is 0 Å². The fourth-order valence-electron chi connectivity index (χ4n) is 2.97. The summed E-state index contributed by atoms with van der Waals surface area (Å²) >= 11 is 0. The van der Waals surface area contributed by atoms with E-state index >= 15 is 0 Å². The zero-order valence-electron chi connectivity index (χ0n) is 8.44. The molecule has 2 saturated carbocycles. The van der Waals surface area contributed by atoms with E-state index in [2.05, 4.69) is 20.5 Å². The van der Waals surface area contributed by atoms with Gasteiger partial charge in [-0.1, -0.05) is 6.42 Å². The smallest absolute Gasteiger partial charge is 0.288 e. The molecule has 3 unspecified atom stereocenters. The number of carbonyl (C=O) groups excluding carboxylic acids is 1. The van der Waals surface area contributed by atoms with Crippen molar-refractivity contribution in [1.29, 1.82) is 0 Å². The van der Waals surface area contributed by atoms with Gasteiger partial charge in [0.15, 0.2) is 0 Å². The molecule has 2 aliphatic carbocycles. The van der Waals surface area contributed by atoms with Gasteiger partial charge in [0.25, 0.3) is 5.91 Å². The fraction of sp³-hybridized carbons (Fsp3) is 0.700. The number of carbonyl (C=O) groups is 1. The maximum Gasteiger partial charge on any atom is 0.288 e. The van der Waals surface area contributed by atoms with E-state index in [1.165, 1.54) is 25.6 Å². The lowest BCUT2D eigenvalue weighted by atomic mass is 9.95. The summed E-state index contributed by atoms with van der Waals surface area (Å²) in [5.41, 5.74) is 0. The molecule has 1 aromatic heterocycles. The molecule has 0 radical (unpaired) electrons. The van der Waals surface area contributed by atoms with E-state index in [1.807, 2.05) is 0 Å². The molecule has 0 aromatic carbocycles. The molecule has 5 heteroatoms. The van der Waals surface area contributed by atoms with Gasteiger partial charge in [-0.25, -0.2) is 4.98 Å². The second-order valence-corrected chi connectivity index (χ2v) is 4.59. The zero-order valence-corrected chi connectivity index (χ0v) is 8.44. The highest BCUT2D eigenvalue weighted by molar-refractivity contribution is 5.90. The van der Waals surface area contributed by atoms with E-state index in [0.29, 0.717) is 17.8 Å². The normalized spacial score (nSPS) is 33.2. The minimum atomic E-state index is -0.120. The number of fused-ring (bicyclic) bond motifs is 2. The Balaban J connectivity index is 1.64. The quantitative estimate of drug-likeness (QED) is 0.749. The van der Waals surface area contributed by atoms with Crippen molar-refractivity contribution in [3.05, 3.63) is 12.2 Å². The minimum Gasteiger partial charge on any atom is -0.346 e. The number of aromatic nitrogens is 3. The Labute approximate surface area is 87.7 Å². The average molecular weight is 206 g/mol. The van der Waals surface area contributed by atoms with E-state index in [1.54, 1.807) is 0 Å². The highest BCUT2D eigenvalue weighted by atomic mass is 16.2. The summed E-state index contributed by atoms with van der Waals surface area (Å²) < 4.78 is 0. The molecule has 3 atom stereocenters. The van der Waals surface area contributed by atoms with Gasteiger partial charge in [0, 0.05) is 6.04 Å². The Morgan fingerprint density at radius 2 is 2.40 bits per heavy atom. The Morgan fingerprint density at radius 3 is 3.00 bits per heavy atom. The first kappa shape index (κ1) is 8.88. The predicted molar refractivity (Wildman–Crippen MR) is 53.1 cm³/mol. The molecule has 1 aromatic rings. The number of nitrogens with zero attached hydrogens (tertiary/aromatic N) is 2. The van der Waals surface area contributed by atoms with Gasteiger partial charge >= 0.3 is 0 Å². The molecule has 2 aliphatic rings. The van der Waals surface area contributed by atoms with E-state index in [0.717, 1.165) is 12.3 Å². The van der Waals surface area contributed by atoms with Crippen LogP contribution in [0.5, 0.6) is 0 Å². The third kappa shape index (κ3) is 1.52. The summed E-state index contributed by atoms with van der Waals surface area (Å²) in [6, 6.07) is 0.362. The first-order valence-corrected chi connectivity index (χ1v) is 5.49. The van der Waals surface area contributed by atoms with Crippen LogP contribution in [0.3, 0.4) is 0 Å². The SMILES string of the molecule is O=C(NC1CC2CCC1C2)c1ncn[nH]1. The lowest BCUT2D eigenvalue weighted by Gasteiger charge is -2.22. The zero-order chi connectivity index (χ0) is 10.3. The molecule has 0 spiro atoms. The highest BCUT2D eigenvalue weighted by Crippen LogP contribution is 2.44. The van der Waals surface area contributed by atoms with Crippen molar-refractivity contribution in [1.82, 2.24) is 20.5 Å². The minimum absolute atomic E-state index is 0.120. The number of hydrogen-bond acceptors (Lipinski definition) is 3. The molecule has 3 rings (SSSR count). The number of rotatable bonds is 2. The first-order valence-electron chi connectivity index (χ1n) is 5.49. The highest BCUT2D eigenvalue weighted by Gasteiger charge is 2.40. The van der Waals surface area contributed by atoms with Crippen LogP contribution >= 0.6 is 0 Å². The van der Waals surface area contributed by atoms with Crippen molar-refractivity contribution in [2.24, 2.45) is 11.8 Å². The maximum atomic E-state index is 11.7. The van der Waals surface area contributed by atoms with Crippen LogP contribution in [0.1, 0.15) is 36.3 Å². The van der Waals surface area contributed by atoms with Crippen LogP contribution in [0.4, 0.5) is 0 Å². The lowest BCUT2D eigenvalue weighted by Crippen LogP contribution is -2.38. The second-order valence-electron chi connectivity index (χ2n) is 4.59. The number of hydrogen-bond donors (Lipinski definition) is 2. The van der Waals surface area contributed by atoms with Gasteiger partial charge in [-0.05, 0) is 31.1 Å². The summed E-state index contributed by atoms with van der Waals surface area (Å²) in [7, 11) is 0. The molecule has 5 nitrogen and oxygen atoms in total. The van der Waals surface area contributed by atoms with Gasteiger partial charge in [0.05, 0.1) is 0 Å². The Kier molecular flexibility index (Phi) is 1.97. The van der Waals surface area contributed by atoms with Gasteiger partial charge in [-0.2, -0.15) is 5.10 Å². The molecule has 15 heavy (non-hydrogen) atoms. The third-order valence-electron chi connectivity index (χ3n) is 3.68. The van der Waals surface area contributed by atoms with Crippen molar-refractivity contribution in [2.45, 2.75) is 31.7 Å². The van der Waals surface area contributed by atoms with E-state index < -0.39 is 0 Å². The predicted octanol–water partition coefficient (Wildman–Crippen LogP) is 0.723. The van der Waals surface area contributed by atoms with Gasteiger partial charge in [-0.3, -0.25) is 9.89 Å². The second kappa shape index (κ2) is 3.32. The van der Waals surface area contributed by atoms with Gasteiger partial charge in [0.2, 0.25) is 5.82 Å². The summed E-state index contributed by atoms with van der Waals surface area (Å²) in [5.74, 6) is 1.74. The van der Waals surface area contributed by atoms with Crippen LogP contribution < -0.4 is 5.32 Å². The Hall–Kier alpha value is -1.39. The standard InChI is InChI=1S/C10H14N4O/c15-10(9-11-5-12-14-9)13-8-4-6-1-2-7(8)3-6/h5-8H,1-4H2,(H,13,15)(H,11,12,14). The number of H-pyrrole nitrogens is 1. The summed E-state index contributed by atoms with van der Waals surface area (Å²) in [5, 5.41) is 9.29. The van der Waals surface area contributed by atoms with Crippen LogP contribution in [0.2, 0.25) is 0 Å². The van der Waals surface area contributed by atoms with Gasteiger partial charge in [-0.15, -0.1) is 0 Å². The Bertz CT molecular complexity index is 362. The van der Waals surface area contributed by atoms with Crippen molar-refractivity contribution in [3.8, 4) is 0 Å². The molecule has 0 saturated heterocycles. The molecular weight excluding hydrogens is 192 g/mol. The number of aromatic amines is 1. The molecule has 2 fully saturated rings. The van der Waals surface area contributed by atoms with Crippen molar-refractivity contribution in [2.75, 3.05) is 0 Å². The van der Waals surface area contributed by atoms with Crippen molar-refractivity contribution < 1.29 is 4.79 Å². The molecule has 1 heterocycles. The van der Waals surface area contributed by atoms with E-state index in [-0.39, 0.29) is 5.91 Å². The van der Waals surface area contributed by atoms with Gasteiger partial charge in [0.1, 0.15) is 6.33 Å². The molecule has 0 aliphatic heterocycles. The van der Waals surface area contributed by atoms with Crippen LogP contribution in [0.25, 0.3) is 0 Å². The average Bonchev–Trinajstić information content (AvgIpc) is 2.95. The number of nitrogens with one attached hydrogen (secondary N) is 2. The fourth-order valence-corrected chi connectivity index (χ4v) is 2.97. The molecular formula is C10H14N4O. The Morgan fingerprint density at radius 1 is 1.47 bits per heavy atom. The summed E-state index contributed by atoms with van der Waals surface area (Å²) in [4.78, 5) is 15.5. The monoisotopic (exact) mass is 206 g/mol. The third-order valence-corrected chi connectivity index (χ3v) is 3.68. The van der Waals surface area contributed by atoms with Crippen molar-refractivity contribution >= 4 is 5.91 Å². The number of amides is 1. The molecule has 1 amide bonds. The first-order chi connectivity index (χ1) is 7.33. The maximum absolute atomic E-state index is 11.7. The molecule has 80 valence electrons. The van der Waals surface area contributed by atoms with Crippen LogP contribution in [-0.2, 0) is 0 Å². The topological polar surface area (TPSA) is 70.7 Å². The van der Waals surface area contributed by atoms with E-state index in [9.17, 15) is 4.79 Å². The lowest BCUT2D eigenvalue weighted by molar-refractivity contribution is 0.0912. The molecule has 2 bridgehead atoms. The molecule has 2 N–H and O–H groups in total. The van der Waals surface area contributed by atoms with Crippen LogP contribution in [0, 0.1) is 11.8 Å². The van der Waals surface area contributed by atoms with Crippen LogP contribution in [0.15, 0.2) is 6.33 Å². The van der Waals surface area contributed by atoms with Crippen LogP contribution in [-0.4, -0.2) is 27.1 Å². The van der Waals surface area contributed by atoms with Gasteiger partial charge < -0.3 is 5.32 Å². The summed E-state index contributed by atoms with van der Waals surface area (Å²) in [6.07, 6.45) is 6.41. The summed E-state index contributed by atoms with van der Waals surface area (Å²) in [6.45, 7) is 0. The van der Waals surface area contributed by atoms with Crippen molar-refractivity contribution in [3.63, 3.8) is 0 Å².